The van der Waals surface area contributed by atoms with Crippen LogP contribution in [0.15, 0.2) is 66.7 Å². The van der Waals surface area contributed by atoms with E-state index in [1.165, 1.54) is 22.3 Å². The molecular weight excluding hydrogens is 786 g/mol. The van der Waals surface area contributed by atoms with Gasteiger partial charge in [0.25, 0.3) is 0 Å². The van der Waals surface area contributed by atoms with Gasteiger partial charge in [-0.2, -0.15) is 0 Å². The Kier molecular flexibility index (Phi) is 11.5. The topological polar surface area (TPSA) is 54.0 Å². The molecule has 0 fully saturated rings. The average molecular weight is 847 g/mol. The van der Waals surface area contributed by atoms with Crippen molar-refractivity contribution in [2.24, 2.45) is 0 Å². The molecule has 0 N–H and O–H groups in total. The fourth-order valence-electron chi connectivity index (χ4n) is 7.27. The van der Waals surface area contributed by atoms with Gasteiger partial charge < -0.3 is 9.97 Å². The van der Waals surface area contributed by atoms with Crippen LogP contribution in [0.3, 0.4) is 0 Å². The number of hydrogen-bond acceptors (Lipinski definition) is 2. The second-order valence-corrected chi connectivity index (χ2v) is 26.1. The Balaban J connectivity index is 0.00000585. The first-order chi connectivity index (χ1) is 26.8. The summed E-state index contributed by atoms with van der Waals surface area (Å²) in [5.41, 5.74) is 20.5. The summed E-state index contributed by atoms with van der Waals surface area (Å²) in [6.45, 7) is 34.2. The zero-order valence-corrected chi connectivity index (χ0v) is 42.1. The number of benzene rings is 2. The van der Waals surface area contributed by atoms with Crippen LogP contribution in [-0.2, 0) is 41.1 Å². The maximum Gasteiger partial charge on any atom is 2.00 e. The number of aromatic nitrogens is 4. The maximum atomic E-state index is 5.43. The molecule has 3 aromatic heterocycles. The predicted molar refractivity (Wildman–Crippen MR) is 253 cm³/mol. The predicted octanol–water partition coefficient (Wildman–Crippen LogP) is 13.7. The molecule has 2 aromatic carbocycles. The van der Waals surface area contributed by atoms with Crippen molar-refractivity contribution in [3.05, 3.63) is 117 Å². The third-order valence-electron chi connectivity index (χ3n) is 10.9. The van der Waals surface area contributed by atoms with Gasteiger partial charge in [-0.05, 0) is 90.5 Å². The Hall–Kier alpha value is -4.56. The third-order valence-corrected chi connectivity index (χ3v) is 11.8. The minimum Gasteiger partial charge on any atom is -0.657 e. The molecule has 5 aromatic rings. The molecule has 5 heterocycles. The second kappa shape index (κ2) is 15.5. The minimum absolute atomic E-state index is 0. The molecule has 2 aliphatic rings. The van der Waals surface area contributed by atoms with Gasteiger partial charge in [0.05, 0.1) is 22.8 Å². The van der Waals surface area contributed by atoms with E-state index >= 15 is 0 Å². The quantitative estimate of drug-likeness (QED) is 0.128. The molecule has 0 spiro atoms. The molecule has 2 aliphatic heterocycles. The maximum absolute atomic E-state index is 5.43. The number of nitrogens with zero attached hydrogens (tertiary/aromatic N) is 4. The van der Waals surface area contributed by atoms with Gasteiger partial charge in [-0.25, -0.2) is 9.97 Å². The first-order valence-corrected chi connectivity index (χ1v) is 24.2. The van der Waals surface area contributed by atoms with Crippen LogP contribution >= 0.6 is 0 Å². The van der Waals surface area contributed by atoms with Gasteiger partial charge in [-0.3, -0.25) is 0 Å². The SMILES string of the molecule is CC(C)(C)c1cc(-c2c3nc(c(C#C[Si](C)(C)C)c4ccc([n-]4)c(-c4cc(C(C)(C)C)cc(C(C)(C)C)c4)c4nc(cc5ccc2[n-]5)C=C4)C=C3)cc(C(C)(C)C)c1.[Zn+2]. The van der Waals surface area contributed by atoms with Gasteiger partial charge in [0.2, 0.25) is 0 Å². The molecule has 0 unspecified atom stereocenters. The van der Waals surface area contributed by atoms with E-state index in [0.29, 0.717) is 0 Å². The summed E-state index contributed by atoms with van der Waals surface area (Å²) in [4.78, 5) is 21.4. The first-order valence-electron chi connectivity index (χ1n) is 20.7. The van der Waals surface area contributed by atoms with Crippen LogP contribution in [-0.4, -0.2) is 18.0 Å². The molecule has 0 radical (unpaired) electrons. The molecular formula is C53H60N4SiZn. The Morgan fingerprint density at radius 2 is 0.898 bits per heavy atom. The molecule has 0 atom stereocenters. The van der Waals surface area contributed by atoms with Crippen molar-refractivity contribution in [2.75, 3.05) is 0 Å². The van der Waals surface area contributed by atoms with Crippen LogP contribution in [0.25, 0.3) is 68.6 Å². The fourth-order valence-corrected chi connectivity index (χ4v) is 7.77. The summed E-state index contributed by atoms with van der Waals surface area (Å²) in [6, 6.07) is 24.6. The monoisotopic (exact) mass is 844 g/mol. The number of hydrogen-bond donors (Lipinski definition) is 0. The summed E-state index contributed by atoms with van der Waals surface area (Å²) >= 11 is 0. The molecule has 298 valence electrons. The number of rotatable bonds is 2. The molecule has 8 bridgehead atoms. The van der Waals surface area contributed by atoms with Crippen molar-refractivity contribution in [2.45, 2.75) is 124 Å². The fraction of sp³-hybridized carbons (Fsp3) is 0.358. The van der Waals surface area contributed by atoms with Gasteiger partial charge in [-0.1, -0.05) is 175 Å². The summed E-state index contributed by atoms with van der Waals surface area (Å²) in [5.74, 6) is 3.63. The molecule has 0 amide bonds. The van der Waals surface area contributed by atoms with Crippen LogP contribution in [0.4, 0.5) is 0 Å². The third kappa shape index (κ3) is 9.59. The van der Waals surface area contributed by atoms with E-state index < -0.39 is 8.07 Å². The van der Waals surface area contributed by atoms with Gasteiger partial charge in [0, 0.05) is 5.56 Å². The second-order valence-electron chi connectivity index (χ2n) is 21.3. The van der Waals surface area contributed by atoms with Gasteiger partial charge in [-0.15, -0.1) is 27.6 Å². The number of fused-ring (bicyclic) bond motifs is 8. The van der Waals surface area contributed by atoms with E-state index in [0.717, 1.165) is 72.7 Å². The molecule has 0 saturated carbocycles. The van der Waals surface area contributed by atoms with E-state index in [2.05, 4.69) is 205 Å². The van der Waals surface area contributed by atoms with E-state index in [-0.39, 0.29) is 41.1 Å². The van der Waals surface area contributed by atoms with Gasteiger partial charge in [0.1, 0.15) is 8.07 Å². The van der Waals surface area contributed by atoms with Crippen LogP contribution < -0.4 is 9.97 Å². The van der Waals surface area contributed by atoms with Crippen molar-refractivity contribution < 1.29 is 19.5 Å². The van der Waals surface area contributed by atoms with Crippen LogP contribution in [0.5, 0.6) is 0 Å². The molecule has 0 aliphatic carbocycles. The van der Waals surface area contributed by atoms with Gasteiger partial charge in [0.15, 0.2) is 0 Å². The molecule has 0 saturated heterocycles. The molecule has 4 nitrogen and oxygen atoms in total. The van der Waals surface area contributed by atoms with E-state index in [1.54, 1.807) is 0 Å². The summed E-state index contributed by atoms with van der Waals surface area (Å²) in [5, 5.41) is 0. The summed E-state index contributed by atoms with van der Waals surface area (Å²) < 4.78 is 0. The minimum atomic E-state index is -1.78. The van der Waals surface area contributed by atoms with E-state index in [9.17, 15) is 0 Å². The van der Waals surface area contributed by atoms with Gasteiger partial charge >= 0.3 is 19.5 Å². The average Bonchev–Trinajstić information content (AvgIpc) is 3.93. The normalized spacial score (nSPS) is 13.3. The van der Waals surface area contributed by atoms with Crippen molar-refractivity contribution in [1.82, 2.24) is 19.9 Å². The van der Waals surface area contributed by atoms with Crippen molar-refractivity contribution in [1.29, 1.82) is 0 Å². The van der Waals surface area contributed by atoms with E-state index in [4.69, 9.17) is 19.9 Å². The Morgan fingerprint density at radius 1 is 0.475 bits per heavy atom. The van der Waals surface area contributed by atoms with Crippen molar-refractivity contribution in [3.63, 3.8) is 0 Å². The van der Waals surface area contributed by atoms with E-state index in [1.807, 2.05) is 0 Å². The van der Waals surface area contributed by atoms with Crippen LogP contribution in [0.2, 0.25) is 19.6 Å². The summed E-state index contributed by atoms with van der Waals surface area (Å²) in [6.07, 6.45) is 8.47. The standard InChI is InChI=1S/C53H60N4Si.Zn/c1-50(2,3)35-26-33(27-36(30-35)51(4,5)6)48-44-18-16-39(54-44)32-40-17-19-45(55-40)49(34-28-37(52(7,8)9)31-38(29-34)53(10,11)12)47-23-21-43(57-47)41(24-25-58(13,14)15)42-20-22-46(48)56-42;/h16-23,26-32H,1-15H3;/q-2;+2. The first kappa shape index (κ1) is 44.0. The Morgan fingerprint density at radius 3 is 1.39 bits per heavy atom. The Labute approximate surface area is 367 Å². The van der Waals surface area contributed by atoms with Crippen LogP contribution in [0, 0.1) is 11.5 Å². The van der Waals surface area contributed by atoms with Crippen molar-refractivity contribution in [3.8, 4) is 33.7 Å². The largest absolute Gasteiger partial charge is 2.00 e. The van der Waals surface area contributed by atoms with Crippen LogP contribution in [0.1, 0.15) is 134 Å². The summed E-state index contributed by atoms with van der Waals surface area (Å²) in [7, 11) is -1.78. The molecule has 7 rings (SSSR count). The Bertz CT molecular complexity index is 2610. The van der Waals surface area contributed by atoms with Crippen molar-refractivity contribution >= 4 is 54.4 Å². The zero-order chi connectivity index (χ0) is 42.2. The zero-order valence-electron chi connectivity index (χ0n) is 38.2. The molecule has 6 heteroatoms. The smallest absolute Gasteiger partial charge is 0.657 e. The molecule has 59 heavy (non-hydrogen) atoms.